The van der Waals surface area contributed by atoms with E-state index >= 15 is 0 Å². The van der Waals surface area contributed by atoms with E-state index in [1.807, 2.05) is 31.2 Å². The fourth-order valence-corrected chi connectivity index (χ4v) is 1.32. The first-order valence-corrected chi connectivity index (χ1v) is 4.44. The molecule has 3 heteroatoms. The number of aryl methyl sites for hydroxylation is 1. The van der Waals surface area contributed by atoms with Crippen molar-refractivity contribution >= 4 is 5.97 Å². The summed E-state index contributed by atoms with van der Waals surface area (Å²) in [6, 6.07) is 7.77. The highest BCUT2D eigenvalue weighted by Crippen LogP contribution is 2.08. The Kier molecular flexibility index (Phi) is 3.65. The molecular weight excluding hydrogens is 180 g/mol. The van der Waals surface area contributed by atoms with Gasteiger partial charge in [-0.15, -0.1) is 0 Å². The van der Waals surface area contributed by atoms with Crippen LogP contribution in [-0.4, -0.2) is 24.3 Å². The van der Waals surface area contributed by atoms with Gasteiger partial charge in [-0.05, 0) is 12.5 Å². The third-order valence-corrected chi connectivity index (χ3v) is 2.06. The Balaban J connectivity index is 2.72. The van der Waals surface area contributed by atoms with Gasteiger partial charge in [-0.25, -0.2) is 4.79 Å². The van der Waals surface area contributed by atoms with Crippen LogP contribution in [0, 0.1) is 6.92 Å². The smallest absolute Gasteiger partial charge is 0.333 e. The summed E-state index contributed by atoms with van der Waals surface area (Å²) in [6.07, 6.45) is -0.343. The van der Waals surface area contributed by atoms with Crippen LogP contribution in [-0.2, 0) is 16.0 Å². The van der Waals surface area contributed by atoms with Gasteiger partial charge in [-0.2, -0.15) is 0 Å². The predicted molar refractivity (Wildman–Crippen MR) is 53.3 cm³/mol. The van der Waals surface area contributed by atoms with Gasteiger partial charge >= 0.3 is 5.97 Å². The maximum atomic E-state index is 10.7. The highest BCUT2D eigenvalue weighted by atomic mass is 16.5. The fourth-order valence-electron chi connectivity index (χ4n) is 1.32. The fraction of sp³-hybridized carbons (Fsp3) is 0.364. The summed E-state index contributed by atoms with van der Waals surface area (Å²) >= 11 is 0. The molecule has 1 aromatic carbocycles. The Bertz CT molecular complexity index is 320. The molecule has 0 fully saturated rings. The molecule has 1 unspecified atom stereocenters. The van der Waals surface area contributed by atoms with E-state index in [4.69, 9.17) is 9.84 Å². The van der Waals surface area contributed by atoms with Crippen LogP contribution in [0.1, 0.15) is 11.1 Å². The molecule has 0 spiro atoms. The van der Waals surface area contributed by atoms with Gasteiger partial charge < -0.3 is 9.84 Å². The van der Waals surface area contributed by atoms with Crippen molar-refractivity contribution in [3.63, 3.8) is 0 Å². The minimum atomic E-state index is -0.922. The van der Waals surface area contributed by atoms with E-state index in [1.54, 1.807) is 0 Å². The molecule has 3 nitrogen and oxygen atoms in total. The van der Waals surface area contributed by atoms with E-state index in [1.165, 1.54) is 7.11 Å². The maximum Gasteiger partial charge on any atom is 0.333 e. The molecule has 14 heavy (non-hydrogen) atoms. The van der Waals surface area contributed by atoms with E-state index in [0.717, 1.165) is 11.1 Å². The van der Waals surface area contributed by atoms with Crippen molar-refractivity contribution in [3.8, 4) is 0 Å². The van der Waals surface area contributed by atoms with Crippen LogP contribution in [0.2, 0.25) is 0 Å². The Morgan fingerprint density at radius 2 is 2.29 bits per heavy atom. The molecule has 1 N–H and O–H groups in total. The molecule has 0 aliphatic rings. The van der Waals surface area contributed by atoms with Crippen molar-refractivity contribution in [3.05, 3.63) is 35.4 Å². The minimum Gasteiger partial charge on any atom is -0.479 e. The topological polar surface area (TPSA) is 46.5 Å². The molecule has 0 amide bonds. The van der Waals surface area contributed by atoms with Crippen LogP contribution in [0.4, 0.5) is 0 Å². The third-order valence-electron chi connectivity index (χ3n) is 2.06. The zero-order valence-corrected chi connectivity index (χ0v) is 8.36. The van der Waals surface area contributed by atoms with Gasteiger partial charge in [-0.1, -0.05) is 29.8 Å². The van der Waals surface area contributed by atoms with Crippen LogP contribution in [0.25, 0.3) is 0 Å². The van der Waals surface area contributed by atoms with E-state index in [-0.39, 0.29) is 0 Å². The van der Waals surface area contributed by atoms with Crippen LogP contribution >= 0.6 is 0 Å². The van der Waals surface area contributed by atoms with Crippen LogP contribution in [0.15, 0.2) is 24.3 Å². The zero-order valence-electron chi connectivity index (χ0n) is 8.36. The van der Waals surface area contributed by atoms with Gasteiger partial charge in [0.25, 0.3) is 0 Å². The predicted octanol–water partition coefficient (Wildman–Crippen LogP) is 1.64. The standard InChI is InChI=1S/C11H14O3/c1-8-4-3-5-9(6-8)7-10(14-2)11(12)13/h3-6,10H,7H2,1-2H3,(H,12,13). The highest BCUT2D eigenvalue weighted by molar-refractivity contribution is 5.72. The first kappa shape index (κ1) is 10.7. The maximum absolute atomic E-state index is 10.7. The van der Waals surface area contributed by atoms with E-state index in [0.29, 0.717) is 6.42 Å². The van der Waals surface area contributed by atoms with E-state index in [9.17, 15) is 4.79 Å². The van der Waals surface area contributed by atoms with Gasteiger partial charge in [-0.3, -0.25) is 0 Å². The average Bonchev–Trinajstić information content (AvgIpc) is 2.14. The number of hydrogen-bond acceptors (Lipinski definition) is 2. The number of carboxylic acid groups (broad SMARTS) is 1. The Morgan fingerprint density at radius 1 is 1.57 bits per heavy atom. The number of methoxy groups -OCH3 is 1. The molecule has 1 rings (SSSR count). The van der Waals surface area contributed by atoms with Crippen molar-refractivity contribution in [1.29, 1.82) is 0 Å². The molecule has 1 atom stereocenters. The zero-order chi connectivity index (χ0) is 10.6. The monoisotopic (exact) mass is 194 g/mol. The second-order valence-corrected chi connectivity index (χ2v) is 3.26. The molecule has 76 valence electrons. The quantitative estimate of drug-likeness (QED) is 0.792. The second-order valence-electron chi connectivity index (χ2n) is 3.26. The van der Waals surface area contributed by atoms with Gasteiger partial charge in [0.15, 0.2) is 6.10 Å². The van der Waals surface area contributed by atoms with E-state index in [2.05, 4.69) is 0 Å². The second kappa shape index (κ2) is 4.77. The van der Waals surface area contributed by atoms with Gasteiger partial charge in [0.05, 0.1) is 0 Å². The molecule has 0 saturated carbocycles. The average molecular weight is 194 g/mol. The number of ether oxygens (including phenoxy) is 1. The Morgan fingerprint density at radius 3 is 2.79 bits per heavy atom. The van der Waals surface area contributed by atoms with Crippen LogP contribution < -0.4 is 0 Å². The summed E-state index contributed by atoms with van der Waals surface area (Å²) in [4.78, 5) is 10.7. The molecule has 0 bridgehead atoms. The summed E-state index contributed by atoms with van der Waals surface area (Å²) in [7, 11) is 1.41. The lowest BCUT2D eigenvalue weighted by molar-refractivity contribution is -0.148. The summed E-state index contributed by atoms with van der Waals surface area (Å²) in [6.45, 7) is 1.98. The summed E-state index contributed by atoms with van der Waals surface area (Å²) in [5, 5.41) is 8.78. The number of benzene rings is 1. The number of carbonyl (C=O) groups is 1. The van der Waals surface area contributed by atoms with Gasteiger partial charge in [0.1, 0.15) is 0 Å². The number of carboxylic acids is 1. The number of rotatable bonds is 4. The SMILES string of the molecule is COC(Cc1cccc(C)c1)C(=O)O. The van der Waals surface area contributed by atoms with E-state index < -0.39 is 12.1 Å². The lowest BCUT2D eigenvalue weighted by Gasteiger charge is -2.10. The van der Waals surface area contributed by atoms with Gasteiger partial charge in [0.2, 0.25) is 0 Å². The van der Waals surface area contributed by atoms with Crippen molar-refractivity contribution in [2.75, 3.05) is 7.11 Å². The van der Waals surface area contributed by atoms with Crippen molar-refractivity contribution < 1.29 is 14.6 Å². The molecule has 0 aliphatic carbocycles. The molecule has 0 aromatic heterocycles. The summed E-state index contributed by atoms with van der Waals surface area (Å²) < 4.78 is 4.86. The lowest BCUT2D eigenvalue weighted by Crippen LogP contribution is -2.24. The first-order valence-electron chi connectivity index (χ1n) is 4.44. The largest absolute Gasteiger partial charge is 0.479 e. The number of hydrogen-bond donors (Lipinski definition) is 1. The third kappa shape index (κ3) is 2.85. The molecule has 0 aliphatic heterocycles. The lowest BCUT2D eigenvalue weighted by atomic mass is 10.1. The Hall–Kier alpha value is -1.35. The summed E-state index contributed by atoms with van der Waals surface area (Å²) in [5.41, 5.74) is 2.11. The molecule has 0 saturated heterocycles. The van der Waals surface area contributed by atoms with Crippen LogP contribution in [0.3, 0.4) is 0 Å². The van der Waals surface area contributed by atoms with Crippen LogP contribution in [0.5, 0.6) is 0 Å². The van der Waals surface area contributed by atoms with Crippen molar-refractivity contribution in [2.24, 2.45) is 0 Å². The normalized spacial score (nSPS) is 12.4. The minimum absolute atomic E-state index is 0.410. The van der Waals surface area contributed by atoms with Gasteiger partial charge in [0, 0.05) is 13.5 Å². The highest BCUT2D eigenvalue weighted by Gasteiger charge is 2.16. The first-order chi connectivity index (χ1) is 6.63. The molecule has 1 aromatic rings. The summed E-state index contributed by atoms with van der Waals surface area (Å²) in [5.74, 6) is -0.922. The molecule has 0 radical (unpaired) electrons. The Labute approximate surface area is 83.3 Å². The number of aliphatic carboxylic acids is 1. The molecule has 0 heterocycles. The van der Waals surface area contributed by atoms with Crippen molar-refractivity contribution in [2.45, 2.75) is 19.4 Å². The van der Waals surface area contributed by atoms with Crippen molar-refractivity contribution in [1.82, 2.24) is 0 Å². The molecular formula is C11H14O3.